The summed E-state index contributed by atoms with van der Waals surface area (Å²) in [5, 5.41) is 9.01. The lowest BCUT2D eigenvalue weighted by Gasteiger charge is -2.38. The highest BCUT2D eigenvalue weighted by Crippen LogP contribution is 2.50. The smallest absolute Gasteiger partial charge is 0.242 e. The van der Waals surface area contributed by atoms with Crippen molar-refractivity contribution in [3.05, 3.63) is 0 Å². The standard InChI is InChI=1S/C13H20N2O/c1-10-7-13(5-4-6-13)9-15(10)11(16)12(2,3)8-14/h10H,4-7,9H2,1-3H3/t10-/m0/s1. The second-order valence-corrected chi connectivity index (χ2v) is 6.08. The molecule has 1 aliphatic carbocycles. The molecule has 1 saturated carbocycles. The van der Waals surface area contributed by atoms with Crippen LogP contribution in [0.15, 0.2) is 0 Å². The Hall–Kier alpha value is -1.04. The zero-order chi connectivity index (χ0) is 12.0. The summed E-state index contributed by atoms with van der Waals surface area (Å²) in [6, 6.07) is 2.42. The molecule has 16 heavy (non-hydrogen) atoms. The fourth-order valence-electron chi connectivity index (χ4n) is 3.04. The molecule has 0 radical (unpaired) electrons. The number of hydrogen-bond donors (Lipinski definition) is 0. The molecule has 2 rings (SSSR count). The van der Waals surface area contributed by atoms with Crippen LogP contribution in [0.2, 0.25) is 0 Å². The first-order valence-corrected chi connectivity index (χ1v) is 6.13. The maximum atomic E-state index is 12.2. The van der Waals surface area contributed by atoms with Gasteiger partial charge in [-0.3, -0.25) is 4.79 Å². The Kier molecular flexibility index (Phi) is 2.49. The van der Waals surface area contributed by atoms with Crippen LogP contribution in [0.3, 0.4) is 0 Å². The van der Waals surface area contributed by atoms with Crippen molar-refractivity contribution in [2.24, 2.45) is 10.8 Å². The van der Waals surface area contributed by atoms with E-state index in [9.17, 15) is 4.79 Å². The minimum absolute atomic E-state index is 0.00581. The van der Waals surface area contributed by atoms with Crippen LogP contribution in [-0.2, 0) is 4.79 Å². The van der Waals surface area contributed by atoms with Crippen molar-refractivity contribution >= 4 is 5.91 Å². The van der Waals surface area contributed by atoms with Crippen molar-refractivity contribution in [2.75, 3.05) is 6.54 Å². The molecule has 0 aromatic rings. The van der Waals surface area contributed by atoms with Crippen LogP contribution in [0, 0.1) is 22.2 Å². The average molecular weight is 220 g/mol. The maximum Gasteiger partial charge on any atom is 0.242 e. The first kappa shape index (κ1) is 11.4. The third-order valence-corrected chi connectivity index (χ3v) is 4.26. The molecule has 0 N–H and O–H groups in total. The minimum atomic E-state index is -0.871. The number of nitriles is 1. The Bertz CT molecular complexity index is 349. The summed E-state index contributed by atoms with van der Waals surface area (Å²) >= 11 is 0. The SMILES string of the molecule is C[C@H]1CC2(CCC2)CN1C(=O)C(C)(C)C#N. The van der Waals surface area contributed by atoms with Crippen molar-refractivity contribution in [3.8, 4) is 6.07 Å². The lowest BCUT2D eigenvalue weighted by atomic mass is 9.68. The molecule has 1 saturated heterocycles. The lowest BCUT2D eigenvalue weighted by molar-refractivity contribution is -0.138. The van der Waals surface area contributed by atoms with E-state index < -0.39 is 5.41 Å². The van der Waals surface area contributed by atoms with Gasteiger partial charge in [0.1, 0.15) is 5.41 Å². The summed E-state index contributed by atoms with van der Waals surface area (Å²) in [6.07, 6.45) is 4.94. The Balaban J connectivity index is 2.12. The molecule has 0 bridgehead atoms. The molecular formula is C13H20N2O. The van der Waals surface area contributed by atoms with E-state index >= 15 is 0 Å². The fourth-order valence-corrected chi connectivity index (χ4v) is 3.04. The number of amides is 1. The lowest BCUT2D eigenvalue weighted by Crippen LogP contribution is -2.43. The Labute approximate surface area is 97.4 Å². The van der Waals surface area contributed by atoms with Gasteiger partial charge in [0.05, 0.1) is 6.07 Å². The third kappa shape index (κ3) is 1.61. The van der Waals surface area contributed by atoms with E-state index in [0.717, 1.165) is 13.0 Å². The van der Waals surface area contributed by atoms with Gasteiger partial charge >= 0.3 is 0 Å². The number of carbonyl (C=O) groups is 1. The zero-order valence-electron chi connectivity index (χ0n) is 10.4. The highest BCUT2D eigenvalue weighted by atomic mass is 16.2. The van der Waals surface area contributed by atoms with Crippen LogP contribution in [0.4, 0.5) is 0 Å². The summed E-state index contributed by atoms with van der Waals surface area (Å²) in [5.74, 6) is 0.00581. The highest BCUT2D eigenvalue weighted by molar-refractivity contribution is 5.85. The minimum Gasteiger partial charge on any atom is -0.338 e. The van der Waals surface area contributed by atoms with Gasteiger partial charge in [0, 0.05) is 12.6 Å². The van der Waals surface area contributed by atoms with E-state index in [1.165, 1.54) is 19.3 Å². The van der Waals surface area contributed by atoms with Gasteiger partial charge in [-0.1, -0.05) is 6.42 Å². The van der Waals surface area contributed by atoms with Crippen LogP contribution >= 0.6 is 0 Å². The number of nitrogens with zero attached hydrogens (tertiary/aromatic N) is 2. The molecule has 2 aliphatic rings. The number of rotatable bonds is 1. The summed E-state index contributed by atoms with van der Waals surface area (Å²) in [6.45, 7) is 6.41. The number of carbonyl (C=O) groups excluding carboxylic acids is 1. The van der Waals surface area contributed by atoms with Crippen LogP contribution in [0.25, 0.3) is 0 Å². The monoisotopic (exact) mass is 220 g/mol. The van der Waals surface area contributed by atoms with Crippen molar-refractivity contribution in [1.29, 1.82) is 5.26 Å². The predicted octanol–water partition coefficient (Wildman–Crippen LogP) is 2.33. The second-order valence-electron chi connectivity index (χ2n) is 6.08. The first-order valence-electron chi connectivity index (χ1n) is 6.13. The molecule has 1 aliphatic heterocycles. The fraction of sp³-hybridized carbons (Fsp3) is 0.846. The van der Waals surface area contributed by atoms with Gasteiger partial charge < -0.3 is 4.90 Å². The van der Waals surface area contributed by atoms with Crippen molar-refractivity contribution in [1.82, 2.24) is 4.90 Å². The summed E-state index contributed by atoms with van der Waals surface area (Å²) in [4.78, 5) is 14.2. The molecule has 88 valence electrons. The van der Waals surface area contributed by atoms with Gasteiger partial charge in [-0.15, -0.1) is 0 Å². The van der Waals surface area contributed by atoms with Gasteiger partial charge in [0.15, 0.2) is 0 Å². The molecule has 1 atom stereocenters. The average Bonchev–Trinajstić information content (AvgIpc) is 2.55. The Morgan fingerprint density at radius 1 is 1.50 bits per heavy atom. The molecule has 0 unspecified atom stereocenters. The summed E-state index contributed by atoms with van der Waals surface area (Å²) in [7, 11) is 0. The molecule has 1 heterocycles. The highest BCUT2D eigenvalue weighted by Gasteiger charge is 2.49. The predicted molar refractivity (Wildman–Crippen MR) is 61.5 cm³/mol. The van der Waals surface area contributed by atoms with Crippen LogP contribution in [0.5, 0.6) is 0 Å². The van der Waals surface area contributed by atoms with E-state index in [2.05, 4.69) is 13.0 Å². The molecule has 0 aromatic carbocycles. The molecule has 0 aromatic heterocycles. The second kappa shape index (κ2) is 3.48. The Morgan fingerprint density at radius 3 is 2.50 bits per heavy atom. The maximum absolute atomic E-state index is 12.2. The van der Waals surface area contributed by atoms with Gasteiger partial charge in [-0.2, -0.15) is 5.26 Å². The largest absolute Gasteiger partial charge is 0.338 e. The van der Waals surface area contributed by atoms with E-state index in [1.54, 1.807) is 13.8 Å². The van der Waals surface area contributed by atoms with Gasteiger partial charge in [0.2, 0.25) is 5.91 Å². The van der Waals surface area contributed by atoms with E-state index in [-0.39, 0.29) is 5.91 Å². The molecule has 1 amide bonds. The number of likely N-dealkylation sites (tertiary alicyclic amines) is 1. The van der Waals surface area contributed by atoms with Crippen molar-refractivity contribution in [2.45, 2.75) is 52.5 Å². The first-order chi connectivity index (χ1) is 7.40. The van der Waals surface area contributed by atoms with Crippen molar-refractivity contribution < 1.29 is 4.79 Å². The molecule has 1 spiro atoms. The molecule has 3 heteroatoms. The van der Waals surface area contributed by atoms with E-state index in [1.807, 2.05) is 4.90 Å². The quantitative estimate of drug-likeness (QED) is 0.680. The number of hydrogen-bond acceptors (Lipinski definition) is 2. The normalized spacial score (nSPS) is 27.6. The van der Waals surface area contributed by atoms with E-state index in [4.69, 9.17) is 5.26 Å². The van der Waals surface area contributed by atoms with Gasteiger partial charge in [0.25, 0.3) is 0 Å². The molecule has 2 fully saturated rings. The van der Waals surface area contributed by atoms with E-state index in [0.29, 0.717) is 11.5 Å². The van der Waals surface area contributed by atoms with Gasteiger partial charge in [-0.25, -0.2) is 0 Å². The third-order valence-electron chi connectivity index (χ3n) is 4.26. The van der Waals surface area contributed by atoms with Crippen LogP contribution in [0.1, 0.15) is 46.5 Å². The molecule has 3 nitrogen and oxygen atoms in total. The van der Waals surface area contributed by atoms with Crippen LogP contribution < -0.4 is 0 Å². The van der Waals surface area contributed by atoms with Gasteiger partial charge in [-0.05, 0) is 45.4 Å². The summed E-state index contributed by atoms with van der Waals surface area (Å²) in [5.41, 5.74) is -0.468. The zero-order valence-corrected chi connectivity index (χ0v) is 10.4. The Morgan fingerprint density at radius 2 is 2.12 bits per heavy atom. The van der Waals surface area contributed by atoms with Crippen LogP contribution in [-0.4, -0.2) is 23.4 Å². The van der Waals surface area contributed by atoms with Crippen molar-refractivity contribution in [3.63, 3.8) is 0 Å². The molecular weight excluding hydrogens is 200 g/mol. The summed E-state index contributed by atoms with van der Waals surface area (Å²) < 4.78 is 0. The topological polar surface area (TPSA) is 44.1 Å².